The number of fused-ring (bicyclic) bond motifs is 1. The summed E-state index contributed by atoms with van der Waals surface area (Å²) in [4.78, 5) is 33.3. The fourth-order valence-electron chi connectivity index (χ4n) is 3.26. The van der Waals surface area contributed by atoms with Gasteiger partial charge in [0.1, 0.15) is 0 Å². The maximum atomic E-state index is 12.6. The molecule has 0 aliphatic carbocycles. The van der Waals surface area contributed by atoms with E-state index in [9.17, 15) is 9.59 Å². The van der Waals surface area contributed by atoms with Gasteiger partial charge in [0.2, 0.25) is 5.95 Å². The molecule has 0 aliphatic rings. The Morgan fingerprint density at radius 1 is 1.03 bits per heavy atom. The highest BCUT2D eigenvalue weighted by Gasteiger charge is 2.11. The molecule has 0 aliphatic heterocycles. The van der Waals surface area contributed by atoms with Gasteiger partial charge in [-0.15, -0.1) is 0 Å². The number of halogens is 1. The average Bonchev–Trinajstić information content (AvgIpc) is 2.81. The van der Waals surface area contributed by atoms with E-state index in [2.05, 4.69) is 36.5 Å². The molecule has 7 nitrogen and oxygen atoms in total. The smallest absolute Gasteiger partial charge is 0.338 e. The van der Waals surface area contributed by atoms with Crippen LogP contribution >= 0.6 is 15.9 Å². The van der Waals surface area contributed by atoms with E-state index in [1.165, 1.54) is 0 Å². The molecule has 0 radical (unpaired) electrons. The van der Waals surface area contributed by atoms with Crippen molar-refractivity contribution in [1.82, 2.24) is 9.97 Å². The summed E-state index contributed by atoms with van der Waals surface area (Å²) in [7, 11) is 0. The average molecular weight is 505 g/mol. The summed E-state index contributed by atoms with van der Waals surface area (Å²) in [5, 5.41) is 7.04. The molecular weight excluding hydrogens is 484 g/mol. The van der Waals surface area contributed by atoms with Crippen LogP contribution in [0.25, 0.3) is 10.9 Å². The Morgan fingerprint density at radius 3 is 2.52 bits per heavy atom. The topological polar surface area (TPSA) is 93.2 Å². The van der Waals surface area contributed by atoms with Gasteiger partial charge in [-0.1, -0.05) is 22.0 Å². The number of carbonyl (C=O) groups excluding carboxylic acids is 2. The third-order valence-corrected chi connectivity index (χ3v) is 5.65. The number of ether oxygens (including phenoxy) is 1. The van der Waals surface area contributed by atoms with E-state index in [-0.39, 0.29) is 5.91 Å². The molecule has 33 heavy (non-hydrogen) atoms. The third-order valence-electron chi connectivity index (χ3n) is 4.96. The van der Waals surface area contributed by atoms with E-state index in [0.29, 0.717) is 29.4 Å². The highest BCUT2D eigenvalue weighted by atomic mass is 79.9. The van der Waals surface area contributed by atoms with Gasteiger partial charge in [0.15, 0.2) is 0 Å². The number of amides is 1. The number of nitrogens with one attached hydrogen (secondary N) is 2. The quantitative estimate of drug-likeness (QED) is 0.318. The Balaban J connectivity index is 1.45. The van der Waals surface area contributed by atoms with Crippen molar-refractivity contribution in [3.63, 3.8) is 0 Å². The standard InChI is InChI=1S/C25H21BrN4O3/c1-3-33-24(32)17-9-7-16(8-10-17)23(31)29-21-12-11-18(13-15(21)2)28-25-27-14-19-20(26)5-4-6-22(19)30-25/h4-14H,3H2,1-2H3,(H,29,31)(H,27,28,30). The van der Waals surface area contributed by atoms with Gasteiger partial charge in [0.05, 0.1) is 17.7 Å². The molecule has 0 fully saturated rings. The zero-order valence-corrected chi connectivity index (χ0v) is 19.6. The first kappa shape index (κ1) is 22.4. The summed E-state index contributed by atoms with van der Waals surface area (Å²) < 4.78 is 5.91. The second-order valence-corrected chi connectivity index (χ2v) is 8.13. The van der Waals surface area contributed by atoms with Crippen molar-refractivity contribution in [1.29, 1.82) is 0 Å². The Hall–Kier alpha value is -3.78. The monoisotopic (exact) mass is 504 g/mol. The lowest BCUT2D eigenvalue weighted by Gasteiger charge is -2.12. The zero-order valence-electron chi connectivity index (χ0n) is 18.1. The van der Waals surface area contributed by atoms with Crippen molar-refractivity contribution in [3.05, 3.63) is 88.0 Å². The summed E-state index contributed by atoms with van der Waals surface area (Å²) in [6.07, 6.45) is 1.77. The Bertz CT molecular complexity index is 1340. The van der Waals surface area contributed by atoms with Crippen LogP contribution in [0.4, 0.5) is 17.3 Å². The second kappa shape index (κ2) is 9.79. The van der Waals surface area contributed by atoms with Gasteiger partial charge in [-0.2, -0.15) is 0 Å². The fourth-order valence-corrected chi connectivity index (χ4v) is 3.72. The van der Waals surface area contributed by atoms with Crippen LogP contribution in [-0.4, -0.2) is 28.5 Å². The van der Waals surface area contributed by atoms with Crippen molar-refractivity contribution in [2.75, 3.05) is 17.2 Å². The van der Waals surface area contributed by atoms with Gasteiger partial charge >= 0.3 is 5.97 Å². The molecule has 1 amide bonds. The van der Waals surface area contributed by atoms with Crippen LogP contribution < -0.4 is 10.6 Å². The van der Waals surface area contributed by atoms with Gasteiger partial charge in [0, 0.05) is 33.0 Å². The summed E-state index contributed by atoms with van der Waals surface area (Å²) in [6, 6.07) is 17.7. The Labute approximate surface area is 199 Å². The lowest BCUT2D eigenvalue weighted by molar-refractivity contribution is 0.0526. The Morgan fingerprint density at radius 2 is 1.79 bits per heavy atom. The van der Waals surface area contributed by atoms with Crippen molar-refractivity contribution in [2.24, 2.45) is 0 Å². The van der Waals surface area contributed by atoms with Crippen LogP contribution in [0.2, 0.25) is 0 Å². The number of rotatable bonds is 6. The number of carbonyl (C=O) groups is 2. The van der Waals surface area contributed by atoms with Crippen molar-refractivity contribution < 1.29 is 14.3 Å². The molecule has 0 saturated heterocycles. The molecule has 166 valence electrons. The largest absolute Gasteiger partial charge is 0.462 e. The van der Waals surface area contributed by atoms with E-state index in [1.807, 2.05) is 43.3 Å². The van der Waals surface area contributed by atoms with Crippen LogP contribution in [0, 0.1) is 6.92 Å². The normalized spacial score (nSPS) is 10.6. The number of anilines is 3. The minimum absolute atomic E-state index is 0.266. The Kier molecular flexibility index (Phi) is 6.65. The van der Waals surface area contributed by atoms with Crippen LogP contribution in [0.5, 0.6) is 0 Å². The predicted octanol–water partition coefficient (Wildman–Crippen LogP) is 5.87. The minimum atomic E-state index is -0.411. The fraction of sp³-hybridized carbons (Fsp3) is 0.120. The summed E-state index contributed by atoms with van der Waals surface area (Å²) in [6.45, 7) is 3.95. The predicted molar refractivity (Wildman–Crippen MR) is 132 cm³/mol. The molecule has 0 atom stereocenters. The van der Waals surface area contributed by atoms with Gasteiger partial charge < -0.3 is 15.4 Å². The van der Waals surface area contributed by atoms with Crippen LogP contribution in [0.3, 0.4) is 0 Å². The number of hydrogen-bond donors (Lipinski definition) is 2. The SMILES string of the molecule is CCOC(=O)c1ccc(C(=O)Nc2ccc(Nc3ncc4c(Br)cccc4n3)cc2C)cc1. The first-order chi connectivity index (χ1) is 15.9. The first-order valence-corrected chi connectivity index (χ1v) is 11.1. The van der Waals surface area contributed by atoms with Crippen molar-refractivity contribution >= 4 is 56.0 Å². The molecular formula is C25H21BrN4O3. The number of aromatic nitrogens is 2. The van der Waals surface area contributed by atoms with Gasteiger partial charge in [-0.25, -0.2) is 14.8 Å². The number of nitrogens with zero attached hydrogens (tertiary/aromatic N) is 2. The highest BCUT2D eigenvalue weighted by molar-refractivity contribution is 9.10. The van der Waals surface area contributed by atoms with Crippen LogP contribution in [0.1, 0.15) is 33.2 Å². The van der Waals surface area contributed by atoms with Crippen LogP contribution in [-0.2, 0) is 4.74 Å². The van der Waals surface area contributed by atoms with E-state index in [0.717, 1.165) is 26.6 Å². The molecule has 0 saturated carbocycles. The molecule has 0 bridgehead atoms. The lowest BCUT2D eigenvalue weighted by Crippen LogP contribution is -2.13. The van der Waals surface area contributed by atoms with E-state index in [1.54, 1.807) is 37.4 Å². The molecule has 2 N–H and O–H groups in total. The second-order valence-electron chi connectivity index (χ2n) is 7.27. The van der Waals surface area contributed by atoms with Crippen molar-refractivity contribution in [2.45, 2.75) is 13.8 Å². The maximum absolute atomic E-state index is 12.6. The van der Waals surface area contributed by atoms with E-state index in [4.69, 9.17) is 4.74 Å². The number of esters is 1. The molecule has 0 unspecified atom stereocenters. The first-order valence-electron chi connectivity index (χ1n) is 10.3. The number of aryl methyl sites for hydroxylation is 1. The third kappa shape index (κ3) is 5.18. The molecule has 4 aromatic rings. The highest BCUT2D eigenvalue weighted by Crippen LogP contribution is 2.25. The summed E-state index contributed by atoms with van der Waals surface area (Å²) >= 11 is 3.50. The minimum Gasteiger partial charge on any atom is -0.462 e. The van der Waals surface area contributed by atoms with E-state index < -0.39 is 5.97 Å². The maximum Gasteiger partial charge on any atom is 0.338 e. The zero-order chi connectivity index (χ0) is 23.4. The molecule has 8 heteroatoms. The van der Waals surface area contributed by atoms with Crippen molar-refractivity contribution in [3.8, 4) is 0 Å². The number of hydrogen-bond acceptors (Lipinski definition) is 6. The molecule has 0 spiro atoms. The number of benzene rings is 3. The lowest BCUT2D eigenvalue weighted by atomic mass is 10.1. The van der Waals surface area contributed by atoms with Gasteiger partial charge in [-0.05, 0) is 74.0 Å². The molecule has 1 aromatic heterocycles. The molecule has 3 aromatic carbocycles. The molecule has 4 rings (SSSR count). The van der Waals surface area contributed by atoms with E-state index >= 15 is 0 Å². The van der Waals surface area contributed by atoms with Crippen LogP contribution in [0.15, 0.2) is 71.3 Å². The summed E-state index contributed by atoms with van der Waals surface area (Å²) in [5.74, 6) is -0.192. The van der Waals surface area contributed by atoms with Gasteiger partial charge in [-0.3, -0.25) is 4.79 Å². The molecule has 1 heterocycles. The van der Waals surface area contributed by atoms with Gasteiger partial charge in [0.25, 0.3) is 5.91 Å². The summed E-state index contributed by atoms with van der Waals surface area (Å²) in [5.41, 5.74) is 4.04.